The first-order valence-electron chi connectivity index (χ1n) is 7.40. The summed E-state index contributed by atoms with van der Waals surface area (Å²) in [5.74, 6) is -1.55. The molecule has 1 aromatic carbocycles. The molecule has 1 fully saturated rings. The maximum atomic E-state index is 12.8. The molecule has 0 bridgehead atoms. The summed E-state index contributed by atoms with van der Waals surface area (Å²) in [4.78, 5) is 25.2. The Morgan fingerprint density at radius 3 is 2.58 bits per heavy atom. The van der Waals surface area contributed by atoms with Gasteiger partial charge in [0.15, 0.2) is 0 Å². The van der Waals surface area contributed by atoms with Crippen LogP contribution >= 0.6 is 0 Å². The van der Waals surface area contributed by atoms with Crippen LogP contribution in [0.2, 0.25) is 0 Å². The van der Waals surface area contributed by atoms with Crippen molar-refractivity contribution in [2.75, 3.05) is 6.54 Å². The summed E-state index contributed by atoms with van der Waals surface area (Å²) in [5, 5.41) is 9.48. The Labute approximate surface area is 135 Å². The first-order valence-corrected chi connectivity index (χ1v) is 7.40. The molecule has 0 radical (unpaired) electrons. The van der Waals surface area contributed by atoms with Crippen molar-refractivity contribution in [2.45, 2.75) is 25.1 Å². The van der Waals surface area contributed by atoms with Crippen LogP contribution < -0.4 is 0 Å². The standard InChI is InChI=1S/C16H15F3N2O3/c1-20-11-5-4-10(16(17,18)19)7-9(11)8-13(20)14(22)21-6-2-3-12(21)15(23)24/h4-5,7-8,12H,2-3,6H2,1H3,(H,23,24)/t12-/m1/s1. The number of hydrogen-bond donors (Lipinski definition) is 1. The molecule has 1 aliphatic heterocycles. The van der Waals surface area contributed by atoms with Gasteiger partial charge in [0, 0.05) is 24.5 Å². The van der Waals surface area contributed by atoms with Gasteiger partial charge >= 0.3 is 12.1 Å². The lowest BCUT2D eigenvalue weighted by Crippen LogP contribution is -2.41. The Bertz CT molecular complexity index is 826. The lowest BCUT2D eigenvalue weighted by molar-refractivity contribution is -0.141. The van der Waals surface area contributed by atoms with E-state index in [2.05, 4.69) is 0 Å². The number of carboxylic acid groups (broad SMARTS) is 1. The molecule has 0 aliphatic carbocycles. The van der Waals surface area contributed by atoms with Crippen LogP contribution in [-0.4, -0.2) is 39.0 Å². The van der Waals surface area contributed by atoms with Gasteiger partial charge in [-0.2, -0.15) is 13.2 Å². The largest absolute Gasteiger partial charge is 0.480 e. The number of fused-ring (bicyclic) bond motifs is 1. The van der Waals surface area contributed by atoms with Gasteiger partial charge in [-0.25, -0.2) is 4.79 Å². The van der Waals surface area contributed by atoms with Crippen LogP contribution in [0.1, 0.15) is 28.9 Å². The summed E-state index contributed by atoms with van der Waals surface area (Å²) in [6.07, 6.45) is -3.49. The minimum Gasteiger partial charge on any atom is -0.480 e. The average molecular weight is 340 g/mol. The van der Waals surface area contributed by atoms with Crippen LogP contribution in [0.15, 0.2) is 24.3 Å². The normalized spacial score (nSPS) is 18.3. The van der Waals surface area contributed by atoms with E-state index < -0.39 is 29.7 Å². The molecule has 3 rings (SSSR count). The number of rotatable bonds is 2. The predicted molar refractivity (Wildman–Crippen MR) is 79.6 cm³/mol. The van der Waals surface area contributed by atoms with Crippen molar-refractivity contribution in [1.29, 1.82) is 0 Å². The molecule has 0 unspecified atom stereocenters. The molecular formula is C16H15F3N2O3. The lowest BCUT2D eigenvalue weighted by Gasteiger charge is -2.21. The van der Waals surface area contributed by atoms with Gasteiger partial charge in [0.1, 0.15) is 11.7 Å². The molecule has 2 heterocycles. The number of aryl methyl sites for hydroxylation is 1. The van der Waals surface area contributed by atoms with Gasteiger partial charge in [0.05, 0.1) is 5.56 Å². The van der Waals surface area contributed by atoms with E-state index in [0.717, 1.165) is 12.1 Å². The Morgan fingerprint density at radius 1 is 1.25 bits per heavy atom. The van der Waals surface area contributed by atoms with Crippen LogP contribution in [0.25, 0.3) is 10.9 Å². The number of halogens is 3. The molecule has 1 N–H and O–H groups in total. The highest BCUT2D eigenvalue weighted by Crippen LogP contribution is 2.32. The summed E-state index contributed by atoms with van der Waals surface area (Å²) in [7, 11) is 1.58. The Hall–Kier alpha value is -2.51. The molecule has 1 aromatic heterocycles. The van der Waals surface area contributed by atoms with Crippen LogP contribution in [0.3, 0.4) is 0 Å². The van der Waals surface area contributed by atoms with Gasteiger partial charge in [-0.15, -0.1) is 0 Å². The maximum absolute atomic E-state index is 12.8. The number of aromatic nitrogens is 1. The van der Waals surface area contributed by atoms with Crippen LogP contribution in [-0.2, 0) is 18.0 Å². The lowest BCUT2D eigenvalue weighted by atomic mass is 10.1. The van der Waals surface area contributed by atoms with Crippen LogP contribution in [0.4, 0.5) is 13.2 Å². The van der Waals surface area contributed by atoms with Crippen molar-refractivity contribution in [3.63, 3.8) is 0 Å². The molecule has 2 aromatic rings. The summed E-state index contributed by atoms with van der Waals surface area (Å²) >= 11 is 0. The molecule has 8 heteroatoms. The van der Waals surface area contributed by atoms with Crippen molar-refractivity contribution in [1.82, 2.24) is 9.47 Å². The van der Waals surface area contributed by atoms with Crippen molar-refractivity contribution in [3.05, 3.63) is 35.5 Å². The van der Waals surface area contributed by atoms with Crippen LogP contribution in [0.5, 0.6) is 0 Å². The monoisotopic (exact) mass is 340 g/mol. The summed E-state index contributed by atoms with van der Waals surface area (Å²) in [5.41, 5.74) is -0.126. The molecule has 0 saturated carbocycles. The highest BCUT2D eigenvalue weighted by molar-refractivity contribution is 6.00. The zero-order valence-corrected chi connectivity index (χ0v) is 12.8. The molecule has 0 spiro atoms. The van der Waals surface area contributed by atoms with Crippen molar-refractivity contribution in [3.8, 4) is 0 Å². The van der Waals surface area contributed by atoms with E-state index in [1.807, 2.05) is 0 Å². The number of carbonyl (C=O) groups is 2. The first kappa shape index (κ1) is 16.4. The van der Waals surface area contributed by atoms with E-state index in [1.165, 1.54) is 21.6 Å². The van der Waals surface area contributed by atoms with E-state index >= 15 is 0 Å². The van der Waals surface area contributed by atoms with E-state index in [-0.39, 0.29) is 5.69 Å². The average Bonchev–Trinajstić information content (AvgIpc) is 3.10. The minimum absolute atomic E-state index is 0.178. The topological polar surface area (TPSA) is 62.5 Å². The molecule has 1 aliphatic rings. The quantitative estimate of drug-likeness (QED) is 0.914. The highest BCUT2D eigenvalue weighted by Gasteiger charge is 2.36. The van der Waals surface area contributed by atoms with Crippen molar-refractivity contribution < 1.29 is 27.9 Å². The highest BCUT2D eigenvalue weighted by atomic mass is 19.4. The van der Waals surface area contributed by atoms with Gasteiger partial charge in [-0.05, 0) is 37.1 Å². The number of aliphatic carboxylic acids is 1. The number of carboxylic acids is 1. The van der Waals surface area contributed by atoms with Gasteiger partial charge in [-0.1, -0.05) is 0 Å². The zero-order chi connectivity index (χ0) is 17.6. The molecule has 1 atom stereocenters. The summed E-state index contributed by atoms with van der Waals surface area (Å²) in [6, 6.07) is 3.76. The maximum Gasteiger partial charge on any atom is 0.416 e. The molecule has 1 amide bonds. The Kier molecular flexibility index (Phi) is 3.77. The van der Waals surface area contributed by atoms with E-state index in [1.54, 1.807) is 7.05 Å². The number of amides is 1. The molecule has 128 valence electrons. The third-order valence-corrected chi connectivity index (χ3v) is 4.39. The Morgan fingerprint density at radius 2 is 1.96 bits per heavy atom. The van der Waals surface area contributed by atoms with Gasteiger partial charge in [-0.3, -0.25) is 4.79 Å². The smallest absolute Gasteiger partial charge is 0.416 e. The number of nitrogens with zero attached hydrogens (tertiary/aromatic N) is 2. The fourth-order valence-electron chi connectivity index (χ4n) is 3.14. The predicted octanol–water partition coefficient (Wildman–Crippen LogP) is 2.89. The van der Waals surface area contributed by atoms with Crippen molar-refractivity contribution in [2.24, 2.45) is 7.05 Å². The summed E-state index contributed by atoms with van der Waals surface area (Å²) < 4.78 is 40.0. The van der Waals surface area contributed by atoms with Crippen LogP contribution in [0, 0.1) is 0 Å². The second-order valence-electron chi connectivity index (χ2n) is 5.85. The fourth-order valence-corrected chi connectivity index (χ4v) is 3.14. The van der Waals surface area contributed by atoms with Gasteiger partial charge < -0.3 is 14.6 Å². The van der Waals surface area contributed by atoms with E-state index in [0.29, 0.717) is 30.3 Å². The number of likely N-dealkylation sites (tertiary alicyclic amines) is 1. The molecule has 24 heavy (non-hydrogen) atoms. The van der Waals surface area contributed by atoms with Gasteiger partial charge in [0.25, 0.3) is 5.91 Å². The summed E-state index contributed by atoms with van der Waals surface area (Å²) in [6.45, 7) is 0.325. The number of benzene rings is 1. The first-order chi connectivity index (χ1) is 11.2. The fraction of sp³-hybridized carbons (Fsp3) is 0.375. The third kappa shape index (κ3) is 2.61. The van der Waals surface area contributed by atoms with Crippen molar-refractivity contribution >= 4 is 22.8 Å². The zero-order valence-electron chi connectivity index (χ0n) is 12.8. The number of carbonyl (C=O) groups excluding carboxylic acids is 1. The third-order valence-electron chi connectivity index (χ3n) is 4.39. The number of alkyl halides is 3. The molecule has 5 nitrogen and oxygen atoms in total. The van der Waals surface area contributed by atoms with E-state index in [4.69, 9.17) is 0 Å². The minimum atomic E-state index is -4.46. The Balaban J connectivity index is 2.02. The molecular weight excluding hydrogens is 325 g/mol. The SMILES string of the molecule is Cn1c(C(=O)N2CCC[C@@H]2C(=O)O)cc2cc(C(F)(F)F)ccc21. The second kappa shape index (κ2) is 5.54. The van der Waals surface area contributed by atoms with Gasteiger partial charge in [0.2, 0.25) is 0 Å². The number of hydrogen-bond acceptors (Lipinski definition) is 2. The van der Waals surface area contributed by atoms with E-state index in [9.17, 15) is 27.9 Å². The second-order valence-corrected chi connectivity index (χ2v) is 5.85. The molecule has 1 saturated heterocycles.